The Bertz CT molecular complexity index is 650. The molecule has 1 N–H and O–H groups in total. The summed E-state index contributed by atoms with van der Waals surface area (Å²) in [5, 5.41) is 3.61. The minimum absolute atomic E-state index is 0.0962. The first kappa shape index (κ1) is 17.5. The molecule has 0 aliphatic heterocycles. The largest absolute Gasteiger partial charge is 0.426 e. The molecule has 0 bridgehead atoms. The lowest BCUT2D eigenvalue weighted by atomic mass is 9.79. The van der Waals surface area contributed by atoms with Crippen molar-refractivity contribution in [3.05, 3.63) is 60.7 Å². The van der Waals surface area contributed by atoms with Gasteiger partial charge in [-0.25, -0.2) is 0 Å². The van der Waals surface area contributed by atoms with Crippen molar-refractivity contribution in [1.29, 1.82) is 0 Å². The van der Waals surface area contributed by atoms with Gasteiger partial charge in [-0.15, -0.1) is 0 Å². The second-order valence-corrected chi connectivity index (χ2v) is 6.96. The van der Waals surface area contributed by atoms with Crippen LogP contribution >= 0.6 is 0 Å². The summed E-state index contributed by atoms with van der Waals surface area (Å²) >= 11 is 0. The van der Waals surface area contributed by atoms with Gasteiger partial charge >= 0.3 is 5.97 Å². The molecule has 1 fully saturated rings. The molecular formula is C22H27NO2. The van der Waals surface area contributed by atoms with Crippen molar-refractivity contribution in [2.45, 2.75) is 45.1 Å². The molecule has 2 aromatic rings. The molecule has 0 spiro atoms. The predicted molar refractivity (Wildman–Crippen MR) is 102 cm³/mol. The number of ether oxygens (including phenoxy) is 1. The zero-order valence-electron chi connectivity index (χ0n) is 14.9. The number of rotatable bonds is 6. The van der Waals surface area contributed by atoms with Gasteiger partial charge in [-0.3, -0.25) is 4.79 Å². The van der Waals surface area contributed by atoms with Crippen LogP contribution in [-0.2, 0) is 4.79 Å². The number of hydrogen-bond donors (Lipinski definition) is 1. The van der Waals surface area contributed by atoms with Crippen LogP contribution in [0, 0.1) is 11.8 Å². The molecule has 1 aliphatic carbocycles. The molecule has 0 unspecified atom stereocenters. The lowest BCUT2D eigenvalue weighted by molar-refractivity contribution is -0.139. The van der Waals surface area contributed by atoms with Crippen LogP contribution in [0.25, 0.3) is 0 Å². The highest BCUT2D eigenvalue weighted by molar-refractivity contribution is 5.76. The number of anilines is 1. The first-order chi connectivity index (χ1) is 12.2. The Balaban J connectivity index is 1.73. The van der Waals surface area contributed by atoms with E-state index in [1.165, 1.54) is 32.1 Å². The molecule has 0 amide bonds. The zero-order chi connectivity index (χ0) is 17.5. The van der Waals surface area contributed by atoms with Gasteiger partial charge in [0, 0.05) is 11.7 Å². The molecule has 3 nitrogen and oxygen atoms in total. The highest BCUT2D eigenvalue weighted by atomic mass is 16.5. The molecule has 0 radical (unpaired) electrons. The van der Waals surface area contributed by atoms with Crippen LogP contribution in [0.1, 0.15) is 39.0 Å². The Kier molecular flexibility index (Phi) is 6.10. The Morgan fingerprint density at radius 1 is 0.960 bits per heavy atom. The standard InChI is InChI=1S/C22H27NO2/c1-17(22(24)25-20-15-9-4-10-16-20)21(18-11-5-2-6-12-18)23-19-13-7-3-8-14-19/h3-4,7-10,13-18,21,23H,2,5-6,11-12H2,1H3/t17-,21-/m1/s1. The van der Waals surface area contributed by atoms with Crippen molar-refractivity contribution in [1.82, 2.24) is 0 Å². The summed E-state index contributed by atoms with van der Waals surface area (Å²) < 4.78 is 5.61. The van der Waals surface area contributed by atoms with Gasteiger partial charge in [0.05, 0.1) is 5.92 Å². The van der Waals surface area contributed by atoms with Gasteiger partial charge in [0.2, 0.25) is 0 Å². The Hall–Kier alpha value is -2.29. The fourth-order valence-corrected chi connectivity index (χ4v) is 3.72. The van der Waals surface area contributed by atoms with Gasteiger partial charge in [0.1, 0.15) is 5.75 Å². The number of carbonyl (C=O) groups excluding carboxylic acids is 1. The summed E-state index contributed by atoms with van der Waals surface area (Å²) in [7, 11) is 0. The summed E-state index contributed by atoms with van der Waals surface area (Å²) in [6.07, 6.45) is 6.15. The highest BCUT2D eigenvalue weighted by Gasteiger charge is 2.33. The molecule has 1 saturated carbocycles. The Morgan fingerprint density at radius 3 is 2.20 bits per heavy atom. The molecule has 3 rings (SSSR count). The predicted octanol–water partition coefficient (Wildman–Crippen LogP) is 5.29. The minimum Gasteiger partial charge on any atom is -0.426 e. The quantitative estimate of drug-likeness (QED) is 0.575. The molecule has 2 aromatic carbocycles. The fraction of sp³-hybridized carbons (Fsp3) is 0.409. The van der Waals surface area contributed by atoms with E-state index in [4.69, 9.17) is 4.74 Å². The smallest absolute Gasteiger partial charge is 0.316 e. The lowest BCUT2D eigenvalue weighted by Crippen LogP contribution is -2.41. The van der Waals surface area contributed by atoms with E-state index < -0.39 is 0 Å². The van der Waals surface area contributed by atoms with Crippen molar-refractivity contribution in [2.75, 3.05) is 5.32 Å². The van der Waals surface area contributed by atoms with E-state index in [1.807, 2.05) is 55.5 Å². The molecule has 1 aliphatic rings. The molecule has 25 heavy (non-hydrogen) atoms. The molecule has 0 heterocycles. The van der Waals surface area contributed by atoms with E-state index in [2.05, 4.69) is 17.4 Å². The van der Waals surface area contributed by atoms with Crippen molar-refractivity contribution < 1.29 is 9.53 Å². The van der Waals surface area contributed by atoms with Gasteiger partial charge in [0.15, 0.2) is 0 Å². The van der Waals surface area contributed by atoms with E-state index in [1.54, 1.807) is 0 Å². The summed E-state index contributed by atoms with van der Waals surface area (Å²) in [6, 6.07) is 19.6. The molecule has 2 atom stereocenters. The van der Waals surface area contributed by atoms with Gasteiger partial charge in [-0.1, -0.05) is 55.7 Å². The van der Waals surface area contributed by atoms with Crippen LogP contribution in [-0.4, -0.2) is 12.0 Å². The monoisotopic (exact) mass is 337 g/mol. The molecule has 132 valence electrons. The van der Waals surface area contributed by atoms with Crippen LogP contribution in [0.4, 0.5) is 5.69 Å². The third-order valence-electron chi connectivity index (χ3n) is 5.14. The van der Waals surface area contributed by atoms with Crippen LogP contribution in [0.2, 0.25) is 0 Å². The average Bonchev–Trinajstić information content (AvgIpc) is 2.68. The van der Waals surface area contributed by atoms with Crippen LogP contribution < -0.4 is 10.1 Å². The SMILES string of the molecule is C[C@@H](C(=O)Oc1ccccc1)[C@@H](Nc1ccccc1)C1CCCCC1. The molecular weight excluding hydrogens is 310 g/mol. The summed E-state index contributed by atoms with van der Waals surface area (Å²) in [5.74, 6) is 0.752. The summed E-state index contributed by atoms with van der Waals surface area (Å²) in [6.45, 7) is 1.99. The normalized spacial score (nSPS) is 17.5. The lowest BCUT2D eigenvalue weighted by Gasteiger charge is -2.34. The second-order valence-electron chi connectivity index (χ2n) is 6.96. The number of para-hydroxylation sites is 2. The first-order valence-electron chi connectivity index (χ1n) is 9.32. The number of hydrogen-bond acceptors (Lipinski definition) is 3. The van der Waals surface area contributed by atoms with Crippen LogP contribution in [0.15, 0.2) is 60.7 Å². The van der Waals surface area contributed by atoms with Crippen molar-refractivity contribution in [3.63, 3.8) is 0 Å². The highest BCUT2D eigenvalue weighted by Crippen LogP contribution is 2.32. The number of esters is 1. The number of benzene rings is 2. The first-order valence-corrected chi connectivity index (χ1v) is 9.32. The third kappa shape index (κ3) is 4.85. The van der Waals surface area contributed by atoms with Gasteiger partial charge < -0.3 is 10.1 Å². The number of carbonyl (C=O) groups is 1. The van der Waals surface area contributed by atoms with E-state index in [0.717, 1.165) is 5.69 Å². The minimum atomic E-state index is -0.205. The molecule has 0 aromatic heterocycles. The number of nitrogens with one attached hydrogen (secondary N) is 1. The van der Waals surface area contributed by atoms with E-state index >= 15 is 0 Å². The van der Waals surface area contributed by atoms with Crippen LogP contribution in [0.3, 0.4) is 0 Å². The summed E-state index contributed by atoms with van der Waals surface area (Å²) in [5.41, 5.74) is 1.07. The average molecular weight is 337 g/mol. The van der Waals surface area contributed by atoms with Gasteiger partial charge in [-0.05, 0) is 49.9 Å². The van der Waals surface area contributed by atoms with Crippen LogP contribution in [0.5, 0.6) is 5.75 Å². The topological polar surface area (TPSA) is 38.3 Å². The second kappa shape index (κ2) is 8.70. The van der Waals surface area contributed by atoms with E-state index in [-0.39, 0.29) is 17.9 Å². The van der Waals surface area contributed by atoms with Gasteiger partial charge in [-0.2, -0.15) is 0 Å². The molecule has 0 saturated heterocycles. The fourth-order valence-electron chi connectivity index (χ4n) is 3.72. The maximum Gasteiger partial charge on any atom is 0.316 e. The van der Waals surface area contributed by atoms with Crippen molar-refractivity contribution >= 4 is 11.7 Å². The third-order valence-corrected chi connectivity index (χ3v) is 5.14. The van der Waals surface area contributed by atoms with E-state index in [9.17, 15) is 4.79 Å². The van der Waals surface area contributed by atoms with Crippen molar-refractivity contribution in [2.24, 2.45) is 11.8 Å². The van der Waals surface area contributed by atoms with E-state index in [0.29, 0.717) is 11.7 Å². The van der Waals surface area contributed by atoms with Crippen molar-refractivity contribution in [3.8, 4) is 5.75 Å². The maximum absolute atomic E-state index is 12.7. The molecule has 3 heteroatoms. The maximum atomic E-state index is 12.7. The zero-order valence-corrected chi connectivity index (χ0v) is 14.9. The Morgan fingerprint density at radius 2 is 1.56 bits per heavy atom. The van der Waals surface area contributed by atoms with Gasteiger partial charge in [0.25, 0.3) is 0 Å². The Labute approximate surface area is 150 Å². The summed E-state index contributed by atoms with van der Waals surface area (Å²) in [4.78, 5) is 12.7.